The second-order valence-electron chi connectivity index (χ2n) is 1.74. The summed E-state index contributed by atoms with van der Waals surface area (Å²) in [6, 6.07) is 0. The van der Waals surface area contributed by atoms with Gasteiger partial charge in [-0.2, -0.15) is 0 Å². The summed E-state index contributed by atoms with van der Waals surface area (Å²) in [7, 11) is 1.90. The lowest BCUT2D eigenvalue weighted by Gasteiger charge is -1.94. The lowest BCUT2D eigenvalue weighted by Crippen LogP contribution is -2.08. The van der Waals surface area contributed by atoms with Crippen LogP contribution in [0.3, 0.4) is 0 Å². The third-order valence-corrected chi connectivity index (χ3v) is 1.07. The Hall–Kier alpha value is -0.600. The van der Waals surface area contributed by atoms with Crippen molar-refractivity contribution < 1.29 is 0 Å². The molecule has 0 bridgehead atoms. The normalized spacial score (nSPS) is 11.6. The first-order valence-electron chi connectivity index (χ1n) is 3.01. The quantitative estimate of drug-likeness (QED) is 0.531. The maximum atomic E-state index is 5.36. The van der Waals surface area contributed by atoms with Crippen LogP contribution in [0, 0.1) is 0 Å². The van der Waals surface area contributed by atoms with Crippen molar-refractivity contribution in [2.75, 3.05) is 20.1 Å². The molecule has 0 rings (SSSR count). The highest BCUT2D eigenvalue weighted by Crippen LogP contribution is 1.88. The molecule has 0 aromatic carbocycles. The van der Waals surface area contributed by atoms with Crippen molar-refractivity contribution in [3.63, 3.8) is 0 Å². The summed E-state index contributed by atoms with van der Waals surface area (Å²) in [6.07, 6.45) is 3.80. The van der Waals surface area contributed by atoms with Gasteiger partial charge in [-0.05, 0) is 12.6 Å². The van der Waals surface area contributed by atoms with Crippen molar-refractivity contribution in [2.45, 2.75) is 0 Å². The lowest BCUT2D eigenvalue weighted by molar-refractivity contribution is 0.911. The minimum Gasteiger partial charge on any atom is -0.327 e. The number of nitrogens with two attached hydrogens (primary N) is 1. The zero-order valence-corrected chi connectivity index (χ0v) is 5.85. The van der Waals surface area contributed by atoms with Crippen LogP contribution in [0.15, 0.2) is 24.3 Å². The highest BCUT2D eigenvalue weighted by atomic mass is 14.8. The SMILES string of the molecule is C=C/C(=C\CNC)CN. The van der Waals surface area contributed by atoms with Crippen LogP contribution in [-0.2, 0) is 0 Å². The summed E-state index contributed by atoms with van der Waals surface area (Å²) in [5.41, 5.74) is 6.44. The Morgan fingerprint density at radius 1 is 1.78 bits per heavy atom. The molecule has 52 valence electrons. The Morgan fingerprint density at radius 3 is 2.78 bits per heavy atom. The molecule has 0 aromatic heterocycles. The Labute approximate surface area is 56.4 Å². The zero-order valence-electron chi connectivity index (χ0n) is 5.85. The summed E-state index contributed by atoms with van der Waals surface area (Å²) in [6.45, 7) is 5.04. The molecule has 0 saturated heterocycles. The van der Waals surface area contributed by atoms with E-state index in [1.165, 1.54) is 0 Å². The Morgan fingerprint density at radius 2 is 2.44 bits per heavy atom. The molecule has 0 fully saturated rings. The fourth-order valence-electron chi connectivity index (χ4n) is 0.483. The summed E-state index contributed by atoms with van der Waals surface area (Å²) in [4.78, 5) is 0. The van der Waals surface area contributed by atoms with E-state index in [1.807, 2.05) is 13.1 Å². The van der Waals surface area contributed by atoms with E-state index in [0.717, 1.165) is 12.1 Å². The van der Waals surface area contributed by atoms with Gasteiger partial charge in [-0.1, -0.05) is 18.7 Å². The van der Waals surface area contributed by atoms with Crippen LogP contribution in [-0.4, -0.2) is 20.1 Å². The predicted octanol–water partition coefficient (Wildman–Crippen LogP) is 0.277. The van der Waals surface area contributed by atoms with Crippen molar-refractivity contribution in [3.05, 3.63) is 24.3 Å². The fourth-order valence-corrected chi connectivity index (χ4v) is 0.483. The van der Waals surface area contributed by atoms with E-state index in [-0.39, 0.29) is 0 Å². The van der Waals surface area contributed by atoms with Crippen LogP contribution in [0.1, 0.15) is 0 Å². The summed E-state index contributed by atoms with van der Waals surface area (Å²) >= 11 is 0. The average Bonchev–Trinajstić information content (AvgIpc) is 1.91. The van der Waals surface area contributed by atoms with Crippen molar-refractivity contribution in [3.8, 4) is 0 Å². The molecule has 3 N–H and O–H groups in total. The molecular formula is C7H14N2. The van der Waals surface area contributed by atoms with E-state index in [2.05, 4.69) is 11.9 Å². The first-order valence-corrected chi connectivity index (χ1v) is 3.01. The standard InChI is InChI=1S/C7H14N2/c1-3-7(6-8)4-5-9-2/h3-4,9H,1,5-6,8H2,2H3/b7-4+. The first-order chi connectivity index (χ1) is 4.35. The smallest absolute Gasteiger partial charge is 0.0175 e. The van der Waals surface area contributed by atoms with E-state index < -0.39 is 0 Å². The number of hydrogen-bond acceptors (Lipinski definition) is 2. The van der Waals surface area contributed by atoms with Gasteiger partial charge in [0.05, 0.1) is 0 Å². The van der Waals surface area contributed by atoms with Crippen LogP contribution < -0.4 is 11.1 Å². The maximum absolute atomic E-state index is 5.36. The highest BCUT2D eigenvalue weighted by molar-refractivity contribution is 5.17. The third-order valence-electron chi connectivity index (χ3n) is 1.07. The molecule has 9 heavy (non-hydrogen) atoms. The topological polar surface area (TPSA) is 38.0 Å². The number of hydrogen-bond donors (Lipinski definition) is 2. The minimum absolute atomic E-state index is 0.575. The van der Waals surface area contributed by atoms with Gasteiger partial charge in [0.2, 0.25) is 0 Å². The number of likely N-dealkylation sites (N-methyl/N-ethyl adjacent to an activating group) is 1. The molecular weight excluding hydrogens is 112 g/mol. The second kappa shape index (κ2) is 5.54. The maximum Gasteiger partial charge on any atom is 0.0175 e. The molecule has 2 heteroatoms. The van der Waals surface area contributed by atoms with E-state index in [9.17, 15) is 0 Å². The van der Waals surface area contributed by atoms with Gasteiger partial charge in [0.25, 0.3) is 0 Å². The molecule has 0 amide bonds. The lowest BCUT2D eigenvalue weighted by atomic mass is 10.2. The molecule has 0 unspecified atom stereocenters. The summed E-state index contributed by atoms with van der Waals surface area (Å²) < 4.78 is 0. The minimum atomic E-state index is 0.575. The number of nitrogens with one attached hydrogen (secondary N) is 1. The molecule has 0 heterocycles. The van der Waals surface area contributed by atoms with Crippen LogP contribution in [0.5, 0.6) is 0 Å². The van der Waals surface area contributed by atoms with Gasteiger partial charge >= 0.3 is 0 Å². The highest BCUT2D eigenvalue weighted by Gasteiger charge is 1.82. The third kappa shape index (κ3) is 3.94. The first kappa shape index (κ1) is 8.40. The van der Waals surface area contributed by atoms with Crippen molar-refractivity contribution in [1.29, 1.82) is 0 Å². The molecule has 0 saturated carbocycles. The largest absolute Gasteiger partial charge is 0.327 e. The molecule has 0 spiro atoms. The summed E-state index contributed by atoms with van der Waals surface area (Å²) in [5, 5.41) is 2.99. The molecule has 0 aliphatic rings. The van der Waals surface area contributed by atoms with E-state index in [0.29, 0.717) is 6.54 Å². The van der Waals surface area contributed by atoms with Crippen molar-refractivity contribution >= 4 is 0 Å². The van der Waals surface area contributed by atoms with E-state index in [1.54, 1.807) is 6.08 Å². The van der Waals surface area contributed by atoms with Crippen molar-refractivity contribution in [1.82, 2.24) is 5.32 Å². The summed E-state index contributed by atoms with van der Waals surface area (Å²) in [5.74, 6) is 0. The van der Waals surface area contributed by atoms with Crippen LogP contribution >= 0.6 is 0 Å². The molecule has 0 aromatic rings. The molecule has 0 aliphatic heterocycles. The molecule has 2 nitrogen and oxygen atoms in total. The van der Waals surface area contributed by atoms with Gasteiger partial charge < -0.3 is 11.1 Å². The predicted molar refractivity (Wildman–Crippen MR) is 41.3 cm³/mol. The van der Waals surface area contributed by atoms with Gasteiger partial charge in [0.15, 0.2) is 0 Å². The van der Waals surface area contributed by atoms with Crippen LogP contribution in [0.4, 0.5) is 0 Å². The average molecular weight is 126 g/mol. The van der Waals surface area contributed by atoms with Gasteiger partial charge in [0, 0.05) is 13.1 Å². The van der Waals surface area contributed by atoms with Crippen molar-refractivity contribution in [2.24, 2.45) is 5.73 Å². The molecule has 0 radical (unpaired) electrons. The van der Waals surface area contributed by atoms with Gasteiger partial charge in [0.1, 0.15) is 0 Å². The van der Waals surface area contributed by atoms with Gasteiger partial charge in [-0.3, -0.25) is 0 Å². The van der Waals surface area contributed by atoms with Crippen LogP contribution in [0.25, 0.3) is 0 Å². The number of rotatable bonds is 4. The van der Waals surface area contributed by atoms with Gasteiger partial charge in [-0.15, -0.1) is 0 Å². The van der Waals surface area contributed by atoms with Crippen LogP contribution in [0.2, 0.25) is 0 Å². The van der Waals surface area contributed by atoms with E-state index >= 15 is 0 Å². The van der Waals surface area contributed by atoms with Gasteiger partial charge in [-0.25, -0.2) is 0 Å². The Balaban J connectivity index is 3.61. The van der Waals surface area contributed by atoms with E-state index in [4.69, 9.17) is 5.73 Å². The zero-order chi connectivity index (χ0) is 7.11. The Kier molecular flexibility index (Phi) is 5.17. The molecule has 0 aliphatic carbocycles. The monoisotopic (exact) mass is 126 g/mol. The Bertz CT molecular complexity index is 105. The fraction of sp³-hybridized carbons (Fsp3) is 0.429. The molecule has 0 atom stereocenters. The second-order valence-corrected chi connectivity index (χ2v) is 1.74.